The highest BCUT2D eigenvalue weighted by Gasteiger charge is 2.25. The number of carbonyl (C=O) groups is 2. The standard InChI is InChI=1S/C19H26N2O4/c1-24-14-18(22)20-8-10-21(11-9-20)19(23)16-6-4-15(5-7-16)17-3-2-12-25-13-17/h4-7,17H,2-3,8-14H2,1H3. The van der Waals surface area contributed by atoms with Crippen LogP contribution in [0.15, 0.2) is 24.3 Å². The van der Waals surface area contributed by atoms with Crippen LogP contribution in [0.25, 0.3) is 0 Å². The van der Waals surface area contributed by atoms with E-state index in [-0.39, 0.29) is 18.4 Å². The second-order valence-corrected chi connectivity index (χ2v) is 6.64. The number of hydrogen-bond acceptors (Lipinski definition) is 4. The Morgan fingerprint density at radius 3 is 2.40 bits per heavy atom. The van der Waals surface area contributed by atoms with Crippen molar-refractivity contribution in [2.45, 2.75) is 18.8 Å². The summed E-state index contributed by atoms with van der Waals surface area (Å²) in [7, 11) is 1.51. The fraction of sp³-hybridized carbons (Fsp3) is 0.579. The van der Waals surface area contributed by atoms with Gasteiger partial charge in [0.1, 0.15) is 6.61 Å². The van der Waals surface area contributed by atoms with Crippen molar-refractivity contribution in [3.63, 3.8) is 0 Å². The van der Waals surface area contributed by atoms with E-state index in [4.69, 9.17) is 9.47 Å². The monoisotopic (exact) mass is 346 g/mol. The molecule has 2 heterocycles. The van der Waals surface area contributed by atoms with E-state index in [2.05, 4.69) is 0 Å². The average Bonchev–Trinajstić information content (AvgIpc) is 2.68. The minimum absolute atomic E-state index is 0.0198. The number of benzene rings is 1. The van der Waals surface area contributed by atoms with E-state index in [1.807, 2.05) is 29.2 Å². The van der Waals surface area contributed by atoms with Crippen molar-refractivity contribution in [1.29, 1.82) is 0 Å². The molecule has 2 aliphatic heterocycles. The molecular formula is C19H26N2O4. The highest BCUT2D eigenvalue weighted by atomic mass is 16.5. The normalized spacial score (nSPS) is 21.2. The second-order valence-electron chi connectivity index (χ2n) is 6.64. The average molecular weight is 346 g/mol. The molecule has 0 saturated carbocycles. The van der Waals surface area contributed by atoms with E-state index in [9.17, 15) is 9.59 Å². The highest BCUT2D eigenvalue weighted by molar-refractivity contribution is 5.94. The van der Waals surface area contributed by atoms with Gasteiger partial charge in [-0.3, -0.25) is 9.59 Å². The van der Waals surface area contributed by atoms with Gasteiger partial charge in [-0.25, -0.2) is 0 Å². The van der Waals surface area contributed by atoms with Crippen molar-refractivity contribution in [3.05, 3.63) is 35.4 Å². The predicted molar refractivity (Wildman–Crippen MR) is 93.6 cm³/mol. The summed E-state index contributed by atoms with van der Waals surface area (Å²) in [6.45, 7) is 3.97. The molecule has 0 radical (unpaired) electrons. The molecule has 0 bridgehead atoms. The molecule has 0 aromatic heterocycles. The third-order valence-electron chi connectivity index (χ3n) is 4.98. The molecule has 1 unspecified atom stereocenters. The fourth-order valence-corrected chi connectivity index (χ4v) is 3.46. The molecule has 6 heteroatoms. The zero-order valence-corrected chi connectivity index (χ0v) is 14.8. The molecular weight excluding hydrogens is 320 g/mol. The third-order valence-corrected chi connectivity index (χ3v) is 4.98. The van der Waals surface area contributed by atoms with Gasteiger partial charge >= 0.3 is 0 Å². The highest BCUT2D eigenvalue weighted by Crippen LogP contribution is 2.25. The lowest BCUT2D eigenvalue weighted by Gasteiger charge is -2.34. The van der Waals surface area contributed by atoms with Crippen molar-refractivity contribution < 1.29 is 19.1 Å². The SMILES string of the molecule is COCC(=O)N1CCN(C(=O)c2ccc(C3CCCOC3)cc2)CC1. The summed E-state index contributed by atoms with van der Waals surface area (Å²) >= 11 is 0. The van der Waals surface area contributed by atoms with Crippen LogP contribution in [0.4, 0.5) is 0 Å². The van der Waals surface area contributed by atoms with Gasteiger partial charge < -0.3 is 19.3 Å². The summed E-state index contributed by atoms with van der Waals surface area (Å²) in [5, 5.41) is 0. The minimum atomic E-state index is -0.0198. The number of ether oxygens (including phenoxy) is 2. The van der Waals surface area contributed by atoms with Crippen LogP contribution in [-0.4, -0.2) is 74.7 Å². The number of amides is 2. The molecule has 0 aliphatic carbocycles. The Bertz CT molecular complexity index is 588. The van der Waals surface area contributed by atoms with Gasteiger partial charge in [0, 0.05) is 51.4 Å². The van der Waals surface area contributed by atoms with Crippen LogP contribution in [-0.2, 0) is 14.3 Å². The number of hydrogen-bond donors (Lipinski definition) is 0. The number of piperazine rings is 1. The maximum Gasteiger partial charge on any atom is 0.253 e. The van der Waals surface area contributed by atoms with E-state index in [0.717, 1.165) is 26.1 Å². The minimum Gasteiger partial charge on any atom is -0.381 e. The van der Waals surface area contributed by atoms with E-state index in [1.54, 1.807) is 4.90 Å². The van der Waals surface area contributed by atoms with Crippen LogP contribution < -0.4 is 0 Å². The molecule has 0 N–H and O–H groups in total. The first kappa shape index (κ1) is 17.9. The number of rotatable bonds is 4. The Kier molecular flexibility index (Phi) is 6.04. The van der Waals surface area contributed by atoms with Crippen molar-refractivity contribution in [2.24, 2.45) is 0 Å². The predicted octanol–water partition coefficient (Wildman–Crippen LogP) is 1.51. The van der Waals surface area contributed by atoms with Gasteiger partial charge in [0.25, 0.3) is 5.91 Å². The Labute approximate surface area is 148 Å². The Hall–Kier alpha value is -1.92. The number of methoxy groups -OCH3 is 1. The summed E-state index contributed by atoms with van der Waals surface area (Å²) in [6, 6.07) is 7.92. The molecule has 136 valence electrons. The molecule has 2 amide bonds. The lowest BCUT2D eigenvalue weighted by atomic mass is 9.93. The van der Waals surface area contributed by atoms with Gasteiger partial charge in [-0.15, -0.1) is 0 Å². The number of carbonyl (C=O) groups excluding carboxylic acids is 2. The summed E-state index contributed by atoms with van der Waals surface area (Å²) < 4.78 is 10.4. The number of nitrogens with zero attached hydrogens (tertiary/aromatic N) is 2. The van der Waals surface area contributed by atoms with Crippen LogP contribution in [0.3, 0.4) is 0 Å². The molecule has 0 spiro atoms. The summed E-state index contributed by atoms with van der Waals surface area (Å²) in [5.74, 6) is 0.451. The maximum atomic E-state index is 12.7. The van der Waals surface area contributed by atoms with E-state index in [1.165, 1.54) is 12.7 Å². The lowest BCUT2D eigenvalue weighted by Crippen LogP contribution is -2.51. The van der Waals surface area contributed by atoms with Crippen LogP contribution >= 0.6 is 0 Å². The lowest BCUT2D eigenvalue weighted by molar-refractivity contribution is -0.136. The molecule has 25 heavy (non-hydrogen) atoms. The van der Waals surface area contributed by atoms with Crippen LogP contribution in [0.2, 0.25) is 0 Å². The van der Waals surface area contributed by atoms with Crippen molar-refractivity contribution in [2.75, 3.05) is 53.1 Å². The molecule has 1 aromatic carbocycles. The first-order chi connectivity index (χ1) is 12.2. The first-order valence-corrected chi connectivity index (χ1v) is 8.92. The quantitative estimate of drug-likeness (QED) is 0.829. The molecule has 3 rings (SSSR count). The van der Waals surface area contributed by atoms with Crippen molar-refractivity contribution in [3.8, 4) is 0 Å². The van der Waals surface area contributed by atoms with Crippen molar-refractivity contribution >= 4 is 11.8 Å². The van der Waals surface area contributed by atoms with E-state index >= 15 is 0 Å². The van der Waals surface area contributed by atoms with Gasteiger partial charge in [0.15, 0.2) is 0 Å². The van der Waals surface area contributed by atoms with Gasteiger partial charge in [0.05, 0.1) is 6.61 Å². The zero-order chi connectivity index (χ0) is 17.6. The molecule has 6 nitrogen and oxygen atoms in total. The first-order valence-electron chi connectivity index (χ1n) is 8.92. The third kappa shape index (κ3) is 4.38. The van der Waals surface area contributed by atoms with Gasteiger partial charge in [-0.05, 0) is 30.5 Å². The van der Waals surface area contributed by atoms with Crippen LogP contribution in [0, 0.1) is 0 Å². The second kappa shape index (κ2) is 8.45. The molecule has 2 aliphatic rings. The molecule has 1 atom stereocenters. The summed E-state index contributed by atoms with van der Waals surface area (Å²) in [5.41, 5.74) is 1.95. The zero-order valence-electron chi connectivity index (χ0n) is 14.8. The molecule has 2 saturated heterocycles. The van der Waals surface area contributed by atoms with Gasteiger partial charge in [-0.2, -0.15) is 0 Å². The summed E-state index contributed by atoms with van der Waals surface area (Å²) in [6.07, 6.45) is 2.24. The van der Waals surface area contributed by atoms with Gasteiger partial charge in [-0.1, -0.05) is 12.1 Å². The topological polar surface area (TPSA) is 59.1 Å². The Morgan fingerprint density at radius 2 is 1.80 bits per heavy atom. The maximum absolute atomic E-state index is 12.7. The molecule has 1 aromatic rings. The van der Waals surface area contributed by atoms with Gasteiger partial charge in [0.2, 0.25) is 5.91 Å². The Morgan fingerprint density at radius 1 is 1.12 bits per heavy atom. The smallest absolute Gasteiger partial charge is 0.253 e. The Balaban J connectivity index is 1.55. The van der Waals surface area contributed by atoms with Crippen LogP contribution in [0.1, 0.15) is 34.7 Å². The fourth-order valence-electron chi connectivity index (χ4n) is 3.46. The summed E-state index contributed by atoms with van der Waals surface area (Å²) in [4.78, 5) is 28.0. The van der Waals surface area contributed by atoms with E-state index in [0.29, 0.717) is 37.7 Å². The van der Waals surface area contributed by atoms with E-state index < -0.39 is 0 Å². The van der Waals surface area contributed by atoms with Crippen molar-refractivity contribution in [1.82, 2.24) is 9.80 Å². The van der Waals surface area contributed by atoms with Crippen LogP contribution in [0.5, 0.6) is 0 Å². The molecule has 2 fully saturated rings. The largest absolute Gasteiger partial charge is 0.381 e.